The molecule has 1 heterocycles. The first-order chi connectivity index (χ1) is 8.70. The summed E-state index contributed by atoms with van der Waals surface area (Å²) >= 11 is 7.87. The highest BCUT2D eigenvalue weighted by Gasteiger charge is 2.11. The van der Waals surface area contributed by atoms with Crippen molar-refractivity contribution in [2.75, 3.05) is 0 Å². The number of hydrogen-bond acceptors (Lipinski definition) is 3. The molecule has 4 heteroatoms. The van der Waals surface area contributed by atoms with Gasteiger partial charge >= 0.3 is 0 Å². The third-order valence-electron chi connectivity index (χ3n) is 3.10. The summed E-state index contributed by atoms with van der Waals surface area (Å²) in [6.07, 6.45) is 1.98. The molecule has 0 amide bonds. The molecule has 0 saturated heterocycles. The van der Waals surface area contributed by atoms with E-state index in [0.717, 1.165) is 29.0 Å². The van der Waals surface area contributed by atoms with Crippen molar-refractivity contribution in [2.24, 2.45) is 5.84 Å². The number of aryl methyl sites for hydroxylation is 2. The van der Waals surface area contributed by atoms with Gasteiger partial charge in [-0.2, -0.15) is 11.3 Å². The number of rotatable bonds is 5. The number of hydrazine groups is 1. The zero-order chi connectivity index (χ0) is 13.0. The van der Waals surface area contributed by atoms with Crippen molar-refractivity contribution >= 4 is 22.9 Å². The number of halogens is 1. The predicted octanol–water partition coefficient (Wildman–Crippen LogP) is 3.85. The lowest BCUT2D eigenvalue weighted by molar-refractivity contribution is 0.516. The van der Waals surface area contributed by atoms with Crippen LogP contribution in [0.15, 0.2) is 35.0 Å². The second-order valence-corrected chi connectivity index (χ2v) is 5.59. The van der Waals surface area contributed by atoms with Crippen LogP contribution in [0, 0.1) is 6.92 Å². The van der Waals surface area contributed by atoms with Gasteiger partial charge in [0.25, 0.3) is 0 Å². The molecular weight excluding hydrogens is 264 g/mol. The van der Waals surface area contributed by atoms with Crippen LogP contribution in [0.2, 0.25) is 5.02 Å². The molecule has 18 heavy (non-hydrogen) atoms. The van der Waals surface area contributed by atoms with Crippen molar-refractivity contribution in [3.8, 4) is 0 Å². The molecule has 1 aromatic heterocycles. The van der Waals surface area contributed by atoms with Crippen molar-refractivity contribution in [1.82, 2.24) is 5.43 Å². The standard InChI is InChI=1S/C14H17ClN2S/c1-10-2-4-12(8-13(10)15)14(17-16)5-3-11-6-7-18-9-11/h2,4,6-9,14,17H,3,5,16H2,1H3. The van der Waals surface area contributed by atoms with Gasteiger partial charge in [0, 0.05) is 11.1 Å². The Hall–Kier alpha value is -0.870. The highest BCUT2D eigenvalue weighted by atomic mass is 35.5. The number of nitrogens with two attached hydrogens (primary N) is 1. The first-order valence-electron chi connectivity index (χ1n) is 5.94. The maximum atomic E-state index is 6.15. The van der Waals surface area contributed by atoms with Gasteiger partial charge in [-0.3, -0.25) is 11.3 Å². The number of thiophene rings is 1. The summed E-state index contributed by atoms with van der Waals surface area (Å²) in [6.45, 7) is 2.00. The Morgan fingerprint density at radius 3 is 2.83 bits per heavy atom. The first-order valence-corrected chi connectivity index (χ1v) is 7.26. The minimum atomic E-state index is 0.142. The van der Waals surface area contributed by atoms with Gasteiger partial charge in [0.1, 0.15) is 0 Å². The van der Waals surface area contributed by atoms with Crippen LogP contribution in [0.25, 0.3) is 0 Å². The lowest BCUT2D eigenvalue weighted by Gasteiger charge is -2.16. The smallest absolute Gasteiger partial charge is 0.0463 e. The molecule has 3 N–H and O–H groups in total. The first kappa shape index (κ1) is 13.6. The summed E-state index contributed by atoms with van der Waals surface area (Å²) in [4.78, 5) is 0. The summed E-state index contributed by atoms with van der Waals surface area (Å²) in [5.74, 6) is 5.64. The molecule has 0 aliphatic heterocycles. The molecule has 0 radical (unpaired) electrons. The third-order valence-corrected chi connectivity index (χ3v) is 4.24. The van der Waals surface area contributed by atoms with Crippen molar-refractivity contribution in [3.63, 3.8) is 0 Å². The van der Waals surface area contributed by atoms with E-state index in [4.69, 9.17) is 17.4 Å². The van der Waals surface area contributed by atoms with Gasteiger partial charge in [-0.05, 0) is 59.3 Å². The van der Waals surface area contributed by atoms with E-state index in [-0.39, 0.29) is 6.04 Å². The van der Waals surface area contributed by atoms with Crippen LogP contribution in [-0.4, -0.2) is 0 Å². The van der Waals surface area contributed by atoms with Gasteiger partial charge in [-0.25, -0.2) is 0 Å². The fourth-order valence-electron chi connectivity index (χ4n) is 1.92. The number of benzene rings is 1. The van der Waals surface area contributed by atoms with E-state index in [1.165, 1.54) is 5.56 Å². The molecule has 0 bridgehead atoms. The fourth-order valence-corrected chi connectivity index (χ4v) is 2.81. The lowest BCUT2D eigenvalue weighted by Crippen LogP contribution is -2.28. The number of hydrogen-bond donors (Lipinski definition) is 2. The average molecular weight is 281 g/mol. The van der Waals surface area contributed by atoms with Crippen LogP contribution in [0.1, 0.15) is 29.2 Å². The molecule has 96 valence electrons. The Morgan fingerprint density at radius 2 is 2.22 bits per heavy atom. The molecule has 2 nitrogen and oxygen atoms in total. The van der Waals surface area contributed by atoms with E-state index < -0.39 is 0 Å². The highest BCUT2D eigenvalue weighted by molar-refractivity contribution is 7.07. The van der Waals surface area contributed by atoms with Gasteiger partial charge in [0.05, 0.1) is 0 Å². The van der Waals surface area contributed by atoms with Crippen molar-refractivity contribution in [3.05, 3.63) is 56.7 Å². The molecule has 0 aliphatic rings. The van der Waals surface area contributed by atoms with Gasteiger partial charge in [-0.15, -0.1) is 0 Å². The maximum absolute atomic E-state index is 6.15. The maximum Gasteiger partial charge on any atom is 0.0463 e. The average Bonchev–Trinajstić information content (AvgIpc) is 2.87. The van der Waals surface area contributed by atoms with Crippen molar-refractivity contribution in [1.29, 1.82) is 0 Å². The SMILES string of the molecule is Cc1ccc(C(CCc2ccsc2)NN)cc1Cl. The second kappa shape index (κ2) is 6.34. The van der Waals surface area contributed by atoms with Crippen molar-refractivity contribution < 1.29 is 0 Å². The van der Waals surface area contributed by atoms with E-state index in [0.29, 0.717) is 0 Å². The molecule has 1 atom stereocenters. The van der Waals surface area contributed by atoms with E-state index in [1.54, 1.807) is 11.3 Å². The quantitative estimate of drug-likeness (QED) is 0.645. The third kappa shape index (κ3) is 3.33. The van der Waals surface area contributed by atoms with Gasteiger partial charge in [0.2, 0.25) is 0 Å². The zero-order valence-electron chi connectivity index (χ0n) is 10.3. The molecule has 2 rings (SSSR count). The molecule has 2 aromatic rings. The van der Waals surface area contributed by atoms with Gasteiger partial charge in [0.15, 0.2) is 0 Å². The van der Waals surface area contributed by atoms with Crippen LogP contribution in [0.4, 0.5) is 0 Å². The molecular formula is C14H17ClN2S. The van der Waals surface area contributed by atoms with Crippen LogP contribution in [-0.2, 0) is 6.42 Å². The minimum Gasteiger partial charge on any atom is -0.271 e. The number of nitrogens with one attached hydrogen (secondary N) is 1. The van der Waals surface area contributed by atoms with Crippen LogP contribution in [0.3, 0.4) is 0 Å². The predicted molar refractivity (Wildman–Crippen MR) is 78.9 cm³/mol. The topological polar surface area (TPSA) is 38.0 Å². The minimum absolute atomic E-state index is 0.142. The Morgan fingerprint density at radius 1 is 1.39 bits per heavy atom. The van der Waals surface area contributed by atoms with E-state index >= 15 is 0 Å². The van der Waals surface area contributed by atoms with Gasteiger partial charge in [-0.1, -0.05) is 23.7 Å². The normalized spacial score (nSPS) is 12.6. The molecule has 1 unspecified atom stereocenters. The molecule has 0 spiro atoms. The second-order valence-electron chi connectivity index (χ2n) is 4.40. The summed E-state index contributed by atoms with van der Waals surface area (Å²) in [5.41, 5.74) is 6.47. The van der Waals surface area contributed by atoms with E-state index in [1.807, 2.05) is 19.1 Å². The Labute approximate surface area is 117 Å². The fraction of sp³-hybridized carbons (Fsp3) is 0.286. The highest BCUT2D eigenvalue weighted by Crippen LogP contribution is 2.24. The summed E-state index contributed by atoms with van der Waals surface area (Å²) in [7, 11) is 0. The van der Waals surface area contributed by atoms with Crippen LogP contribution < -0.4 is 11.3 Å². The van der Waals surface area contributed by atoms with E-state index in [9.17, 15) is 0 Å². The lowest BCUT2D eigenvalue weighted by atomic mass is 10.00. The Kier molecular flexibility index (Phi) is 4.78. The Balaban J connectivity index is 2.05. The summed E-state index contributed by atoms with van der Waals surface area (Å²) in [5, 5.41) is 5.07. The molecule has 0 fully saturated rings. The van der Waals surface area contributed by atoms with Crippen LogP contribution >= 0.6 is 22.9 Å². The summed E-state index contributed by atoms with van der Waals surface area (Å²) in [6, 6.07) is 8.41. The molecule has 0 saturated carbocycles. The molecule has 1 aromatic carbocycles. The largest absolute Gasteiger partial charge is 0.271 e. The van der Waals surface area contributed by atoms with Crippen LogP contribution in [0.5, 0.6) is 0 Å². The van der Waals surface area contributed by atoms with Crippen molar-refractivity contribution in [2.45, 2.75) is 25.8 Å². The summed E-state index contributed by atoms with van der Waals surface area (Å²) < 4.78 is 0. The molecule has 0 aliphatic carbocycles. The zero-order valence-corrected chi connectivity index (χ0v) is 11.9. The monoisotopic (exact) mass is 280 g/mol. The van der Waals surface area contributed by atoms with E-state index in [2.05, 4.69) is 28.3 Å². The Bertz CT molecular complexity index is 497. The van der Waals surface area contributed by atoms with Gasteiger partial charge < -0.3 is 0 Å².